The average molecular weight is 332 g/mol. The number of hydrogen-bond donors (Lipinski definition) is 1. The maximum absolute atomic E-state index is 11.7. The van der Waals surface area contributed by atoms with Gasteiger partial charge in [0.25, 0.3) is 0 Å². The number of sulfone groups is 1. The molecule has 1 saturated carbocycles. The minimum atomic E-state index is -2.96. The van der Waals surface area contributed by atoms with Crippen molar-refractivity contribution in [1.29, 1.82) is 0 Å². The number of rotatable bonds is 3. The molecule has 0 bridgehead atoms. The van der Waals surface area contributed by atoms with Gasteiger partial charge in [0.2, 0.25) is 0 Å². The third-order valence-electron chi connectivity index (χ3n) is 3.51. The fourth-order valence-electron chi connectivity index (χ4n) is 2.55. The van der Waals surface area contributed by atoms with E-state index in [1.165, 1.54) is 6.26 Å². The Labute approximate surface area is 117 Å². The molecule has 1 aliphatic carbocycles. The van der Waals surface area contributed by atoms with Crippen molar-refractivity contribution in [2.24, 2.45) is 0 Å². The first kappa shape index (κ1) is 13.9. The molecule has 0 aliphatic heterocycles. The molecular formula is C13H18BrNO2S. The SMILES string of the molecule is Cc1cc(NC2CCCC2S(C)(=O)=O)ccc1Br. The highest BCUT2D eigenvalue weighted by Crippen LogP contribution is 2.29. The predicted molar refractivity (Wildman–Crippen MR) is 78.8 cm³/mol. The van der Waals surface area contributed by atoms with Crippen molar-refractivity contribution >= 4 is 31.5 Å². The van der Waals surface area contributed by atoms with E-state index in [9.17, 15) is 8.42 Å². The van der Waals surface area contributed by atoms with Gasteiger partial charge in [-0.15, -0.1) is 0 Å². The molecule has 1 aliphatic rings. The first-order chi connectivity index (χ1) is 8.38. The summed E-state index contributed by atoms with van der Waals surface area (Å²) in [6, 6.07) is 6.05. The standard InChI is InChI=1S/C13H18BrNO2S/c1-9-8-10(6-7-11(9)14)15-12-4-3-5-13(12)18(2,16)17/h6-8,12-13,15H,3-5H2,1-2H3. The largest absolute Gasteiger partial charge is 0.381 e. The summed E-state index contributed by atoms with van der Waals surface area (Å²) in [5.74, 6) is 0. The van der Waals surface area contributed by atoms with Crippen LogP contribution in [0.4, 0.5) is 5.69 Å². The maximum Gasteiger partial charge on any atom is 0.152 e. The zero-order valence-electron chi connectivity index (χ0n) is 10.6. The molecule has 2 rings (SSSR count). The summed E-state index contributed by atoms with van der Waals surface area (Å²) in [5, 5.41) is 3.12. The van der Waals surface area contributed by atoms with Crippen molar-refractivity contribution in [3.8, 4) is 0 Å². The van der Waals surface area contributed by atoms with E-state index in [1.807, 2.05) is 25.1 Å². The molecule has 18 heavy (non-hydrogen) atoms. The zero-order valence-corrected chi connectivity index (χ0v) is 13.0. The molecule has 0 amide bonds. The number of aryl methyl sites for hydroxylation is 1. The molecule has 0 heterocycles. The summed E-state index contributed by atoms with van der Waals surface area (Å²) in [7, 11) is -2.96. The second-order valence-corrected chi connectivity index (χ2v) is 8.13. The quantitative estimate of drug-likeness (QED) is 0.925. The van der Waals surface area contributed by atoms with Gasteiger partial charge >= 0.3 is 0 Å². The first-order valence-electron chi connectivity index (χ1n) is 6.09. The fraction of sp³-hybridized carbons (Fsp3) is 0.538. The molecule has 1 aromatic carbocycles. The smallest absolute Gasteiger partial charge is 0.152 e. The Morgan fingerprint density at radius 2 is 2.06 bits per heavy atom. The van der Waals surface area contributed by atoms with Crippen molar-refractivity contribution < 1.29 is 8.42 Å². The van der Waals surface area contributed by atoms with Crippen LogP contribution in [0, 0.1) is 6.92 Å². The minimum Gasteiger partial charge on any atom is -0.381 e. The fourth-order valence-corrected chi connectivity index (χ4v) is 4.19. The van der Waals surface area contributed by atoms with Crippen molar-refractivity contribution in [3.63, 3.8) is 0 Å². The van der Waals surface area contributed by atoms with Crippen LogP contribution in [-0.4, -0.2) is 26.0 Å². The number of halogens is 1. The molecule has 5 heteroatoms. The van der Waals surface area contributed by atoms with Gasteiger partial charge in [-0.1, -0.05) is 15.9 Å². The molecule has 1 aromatic rings. The van der Waals surface area contributed by atoms with Crippen molar-refractivity contribution in [2.45, 2.75) is 37.5 Å². The summed E-state index contributed by atoms with van der Waals surface area (Å²) in [6.45, 7) is 2.03. The van der Waals surface area contributed by atoms with E-state index in [2.05, 4.69) is 21.2 Å². The third-order valence-corrected chi connectivity index (χ3v) is 6.07. The molecular weight excluding hydrogens is 314 g/mol. The van der Waals surface area contributed by atoms with Crippen LogP contribution in [0.5, 0.6) is 0 Å². The lowest BCUT2D eigenvalue weighted by atomic mass is 10.2. The van der Waals surface area contributed by atoms with Gasteiger partial charge in [0.15, 0.2) is 9.84 Å². The average Bonchev–Trinajstić information content (AvgIpc) is 2.71. The molecule has 0 aromatic heterocycles. The monoisotopic (exact) mass is 331 g/mol. The Balaban J connectivity index is 2.16. The number of hydrogen-bond acceptors (Lipinski definition) is 3. The Morgan fingerprint density at radius 3 is 2.67 bits per heavy atom. The molecule has 2 unspecified atom stereocenters. The van der Waals surface area contributed by atoms with Crippen molar-refractivity contribution in [1.82, 2.24) is 0 Å². The summed E-state index contributed by atoms with van der Waals surface area (Å²) < 4.78 is 24.5. The van der Waals surface area contributed by atoms with Gasteiger partial charge in [-0.05, 0) is 49.9 Å². The normalized spacial score (nSPS) is 24.2. The van der Waals surface area contributed by atoms with Crippen LogP contribution in [0.15, 0.2) is 22.7 Å². The molecule has 100 valence electrons. The lowest BCUT2D eigenvalue weighted by Gasteiger charge is -2.21. The zero-order chi connectivity index (χ0) is 13.3. The lowest BCUT2D eigenvalue weighted by Crippen LogP contribution is -2.34. The molecule has 1 fully saturated rings. The highest BCUT2D eigenvalue weighted by atomic mass is 79.9. The topological polar surface area (TPSA) is 46.2 Å². The highest BCUT2D eigenvalue weighted by Gasteiger charge is 2.34. The molecule has 3 nitrogen and oxygen atoms in total. The van der Waals surface area contributed by atoms with E-state index in [0.29, 0.717) is 0 Å². The highest BCUT2D eigenvalue weighted by molar-refractivity contribution is 9.10. The van der Waals surface area contributed by atoms with Gasteiger partial charge in [-0.25, -0.2) is 8.42 Å². The van der Waals surface area contributed by atoms with E-state index >= 15 is 0 Å². The van der Waals surface area contributed by atoms with Crippen LogP contribution >= 0.6 is 15.9 Å². The molecule has 2 atom stereocenters. The van der Waals surface area contributed by atoms with Crippen molar-refractivity contribution in [2.75, 3.05) is 11.6 Å². The van der Waals surface area contributed by atoms with E-state index in [-0.39, 0.29) is 11.3 Å². The van der Waals surface area contributed by atoms with E-state index in [4.69, 9.17) is 0 Å². The third kappa shape index (κ3) is 3.06. The second-order valence-electron chi connectivity index (χ2n) is 5.01. The van der Waals surface area contributed by atoms with E-state index in [0.717, 1.165) is 35.0 Å². The van der Waals surface area contributed by atoms with Crippen molar-refractivity contribution in [3.05, 3.63) is 28.2 Å². The first-order valence-corrected chi connectivity index (χ1v) is 8.84. The van der Waals surface area contributed by atoms with Gasteiger partial charge in [0.1, 0.15) is 0 Å². The van der Waals surface area contributed by atoms with Crippen LogP contribution in [-0.2, 0) is 9.84 Å². The lowest BCUT2D eigenvalue weighted by molar-refractivity contribution is 0.579. The predicted octanol–water partition coefficient (Wildman–Crippen LogP) is 3.14. The number of anilines is 1. The van der Waals surface area contributed by atoms with Gasteiger partial charge in [0.05, 0.1) is 5.25 Å². The van der Waals surface area contributed by atoms with Crippen LogP contribution in [0.25, 0.3) is 0 Å². The van der Waals surface area contributed by atoms with Crippen LogP contribution in [0.3, 0.4) is 0 Å². The summed E-state index contributed by atoms with van der Waals surface area (Å²) in [4.78, 5) is 0. The van der Waals surface area contributed by atoms with Gasteiger partial charge in [0, 0.05) is 22.5 Å². The summed E-state index contributed by atoms with van der Waals surface area (Å²) >= 11 is 3.46. The second kappa shape index (κ2) is 5.21. The van der Waals surface area contributed by atoms with Crippen LogP contribution in [0.2, 0.25) is 0 Å². The Hall–Kier alpha value is -0.550. The summed E-state index contributed by atoms with van der Waals surface area (Å²) in [6.07, 6.45) is 4.01. The number of nitrogens with one attached hydrogen (secondary N) is 1. The molecule has 0 saturated heterocycles. The Bertz CT molecular complexity index is 542. The Morgan fingerprint density at radius 1 is 1.33 bits per heavy atom. The van der Waals surface area contributed by atoms with Crippen LogP contribution < -0.4 is 5.32 Å². The minimum absolute atomic E-state index is 0.0422. The molecule has 1 N–H and O–H groups in total. The Kier molecular flexibility index (Phi) is 4.02. The van der Waals surface area contributed by atoms with Gasteiger partial charge in [-0.2, -0.15) is 0 Å². The molecule has 0 radical (unpaired) electrons. The van der Waals surface area contributed by atoms with Crippen LogP contribution in [0.1, 0.15) is 24.8 Å². The number of benzene rings is 1. The van der Waals surface area contributed by atoms with Gasteiger partial charge < -0.3 is 5.32 Å². The van der Waals surface area contributed by atoms with E-state index < -0.39 is 9.84 Å². The van der Waals surface area contributed by atoms with Gasteiger partial charge in [-0.3, -0.25) is 0 Å². The van der Waals surface area contributed by atoms with E-state index in [1.54, 1.807) is 0 Å². The molecule has 0 spiro atoms. The summed E-state index contributed by atoms with van der Waals surface area (Å²) in [5.41, 5.74) is 2.14. The maximum atomic E-state index is 11.7.